The molecule has 2 aromatic carbocycles. The minimum absolute atomic E-state index is 0.0526. The summed E-state index contributed by atoms with van der Waals surface area (Å²) < 4.78 is 41.3. The number of carbonyl (C=O) groups excluding carboxylic acids is 1. The molecule has 7 nitrogen and oxygen atoms in total. The number of anilines is 1. The minimum Gasteiger partial charge on any atom is -0.350 e. The highest BCUT2D eigenvalue weighted by Crippen LogP contribution is 2.28. The van der Waals surface area contributed by atoms with E-state index in [0.717, 1.165) is 9.87 Å². The number of aryl methyl sites for hydroxylation is 2. The maximum atomic E-state index is 13.5. The topological polar surface area (TPSA) is 95.2 Å². The fourth-order valence-corrected chi connectivity index (χ4v) is 5.12. The molecule has 32 heavy (non-hydrogen) atoms. The summed E-state index contributed by atoms with van der Waals surface area (Å²) in [6.07, 6.45) is 0. The SMILES string of the molecule is Cc1n[nH]c(C)c1S(=O)(=O)N(CC(=O)NCc1ccc(F)cc1)c1ccc(C(C)C)cc1. The second-order valence-electron chi connectivity index (χ2n) is 7.92. The van der Waals surface area contributed by atoms with E-state index in [1.807, 2.05) is 26.0 Å². The molecule has 0 radical (unpaired) electrons. The van der Waals surface area contributed by atoms with Gasteiger partial charge in [0.1, 0.15) is 17.3 Å². The molecule has 1 aromatic heterocycles. The fourth-order valence-electron chi connectivity index (χ4n) is 3.36. The van der Waals surface area contributed by atoms with E-state index in [1.165, 1.54) is 12.1 Å². The van der Waals surface area contributed by atoms with Crippen LogP contribution in [0.2, 0.25) is 0 Å². The number of rotatable bonds is 8. The van der Waals surface area contributed by atoms with Gasteiger partial charge in [-0.2, -0.15) is 5.10 Å². The van der Waals surface area contributed by atoms with E-state index in [4.69, 9.17) is 0 Å². The Labute approximate surface area is 187 Å². The first kappa shape index (κ1) is 23.5. The molecule has 170 valence electrons. The molecule has 0 aliphatic carbocycles. The van der Waals surface area contributed by atoms with Crippen molar-refractivity contribution in [2.75, 3.05) is 10.8 Å². The van der Waals surface area contributed by atoms with E-state index in [1.54, 1.807) is 38.1 Å². The first-order valence-corrected chi connectivity index (χ1v) is 11.7. The number of benzene rings is 2. The van der Waals surface area contributed by atoms with Gasteiger partial charge in [-0.25, -0.2) is 12.8 Å². The van der Waals surface area contributed by atoms with Crippen LogP contribution in [0.4, 0.5) is 10.1 Å². The van der Waals surface area contributed by atoms with Crippen molar-refractivity contribution < 1.29 is 17.6 Å². The Bertz CT molecular complexity index is 1170. The van der Waals surface area contributed by atoms with Gasteiger partial charge < -0.3 is 5.32 Å². The Morgan fingerprint density at radius 2 is 1.72 bits per heavy atom. The standard InChI is InChI=1S/C23H27FN4O3S/c1-15(2)19-7-11-21(12-8-19)28(32(30,31)23-16(3)26-27-17(23)4)14-22(29)25-13-18-5-9-20(24)10-6-18/h5-12,15H,13-14H2,1-4H3,(H,25,29)(H,26,27). The maximum absolute atomic E-state index is 13.5. The number of aromatic nitrogens is 2. The van der Waals surface area contributed by atoms with Crippen LogP contribution >= 0.6 is 0 Å². The maximum Gasteiger partial charge on any atom is 0.268 e. The number of amides is 1. The molecular weight excluding hydrogens is 431 g/mol. The first-order chi connectivity index (χ1) is 15.1. The molecule has 0 saturated carbocycles. The number of halogens is 1. The lowest BCUT2D eigenvalue weighted by atomic mass is 10.0. The van der Waals surface area contributed by atoms with E-state index < -0.39 is 22.5 Å². The Balaban J connectivity index is 1.89. The van der Waals surface area contributed by atoms with E-state index in [-0.39, 0.29) is 23.2 Å². The van der Waals surface area contributed by atoms with Crippen LogP contribution in [0.15, 0.2) is 53.4 Å². The highest BCUT2D eigenvalue weighted by atomic mass is 32.2. The summed E-state index contributed by atoms with van der Waals surface area (Å²) in [6.45, 7) is 7.07. The van der Waals surface area contributed by atoms with Crippen molar-refractivity contribution in [2.24, 2.45) is 0 Å². The fraction of sp³-hybridized carbons (Fsp3) is 0.304. The highest BCUT2D eigenvalue weighted by molar-refractivity contribution is 7.93. The van der Waals surface area contributed by atoms with Gasteiger partial charge in [0, 0.05) is 6.54 Å². The molecule has 1 amide bonds. The zero-order valence-electron chi connectivity index (χ0n) is 18.5. The smallest absolute Gasteiger partial charge is 0.268 e. The molecule has 2 N–H and O–H groups in total. The van der Waals surface area contributed by atoms with Crippen molar-refractivity contribution in [3.63, 3.8) is 0 Å². The van der Waals surface area contributed by atoms with Crippen molar-refractivity contribution in [1.82, 2.24) is 15.5 Å². The zero-order valence-corrected chi connectivity index (χ0v) is 19.3. The quantitative estimate of drug-likeness (QED) is 0.537. The Morgan fingerprint density at radius 1 is 1.09 bits per heavy atom. The molecule has 0 spiro atoms. The van der Waals surface area contributed by atoms with E-state index in [2.05, 4.69) is 15.5 Å². The summed E-state index contributed by atoms with van der Waals surface area (Å²) >= 11 is 0. The van der Waals surface area contributed by atoms with Crippen LogP contribution in [0.3, 0.4) is 0 Å². The predicted molar refractivity (Wildman–Crippen MR) is 121 cm³/mol. The monoisotopic (exact) mass is 458 g/mol. The van der Waals surface area contributed by atoms with Crippen molar-refractivity contribution >= 4 is 21.6 Å². The Hall–Kier alpha value is -3.20. The number of H-pyrrole nitrogens is 1. The number of aromatic amines is 1. The van der Waals surface area contributed by atoms with Gasteiger partial charge in [-0.3, -0.25) is 14.2 Å². The van der Waals surface area contributed by atoms with Crippen molar-refractivity contribution in [2.45, 2.75) is 45.1 Å². The van der Waals surface area contributed by atoms with E-state index in [9.17, 15) is 17.6 Å². The number of carbonyl (C=O) groups is 1. The third-order valence-corrected chi connectivity index (χ3v) is 7.18. The average molecular weight is 459 g/mol. The second kappa shape index (κ2) is 9.52. The molecule has 1 heterocycles. The molecular formula is C23H27FN4O3S. The van der Waals surface area contributed by atoms with Gasteiger partial charge >= 0.3 is 0 Å². The summed E-state index contributed by atoms with van der Waals surface area (Å²) in [5.41, 5.74) is 2.88. The lowest BCUT2D eigenvalue weighted by molar-refractivity contribution is -0.119. The van der Waals surface area contributed by atoms with Crippen LogP contribution in [0, 0.1) is 19.7 Å². The third-order valence-electron chi connectivity index (χ3n) is 5.15. The summed E-state index contributed by atoms with van der Waals surface area (Å²) in [5.74, 6) is -0.566. The van der Waals surface area contributed by atoms with Gasteiger partial charge in [0.15, 0.2) is 0 Å². The van der Waals surface area contributed by atoms with Gasteiger partial charge in [0.05, 0.1) is 17.1 Å². The predicted octanol–water partition coefficient (Wildman–Crippen LogP) is 3.80. The number of sulfonamides is 1. The van der Waals surface area contributed by atoms with Crippen LogP contribution < -0.4 is 9.62 Å². The van der Waals surface area contributed by atoms with E-state index in [0.29, 0.717) is 22.6 Å². The molecule has 0 saturated heterocycles. The van der Waals surface area contributed by atoms with Crippen LogP contribution in [-0.4, -0.2) is 31.1 Å². The lowest BCUT2D eigenvalue weighted by Gasteiger charge is -2.24. The van der Waals surface area contributed by atoms with Crippen molar-refractivity contribution in [3.8, 4) is 0 Å². The summed E-state index contributed by atoms with van der Waals surface area (Å²) in [6, 6.07) is 12.8. The molecule has 0 aliphatic rings. The molecule has 0 fully saturated rings. The van der Waals surface area contributed by atoms with Crippen LogP contribution in [0.1, 0.15) is 42.3 Å². The van der Waals surface area contributed by atoms with Crippen molar-refractivity contribution in [3.05, 3.63) is 76.9 Å². The zero-order chi connectivity index (χ0) is 23.5. The Morgan fingerprint density at radius 3 is 2.25 bits per heavy atom. The van der Waals surface area contributed by atoms with E-state index >= 15 is 0 Å². The average Bonchev–Trinajstić information content (AvgIpc) is 3.10. The second-order valence-corrected chi connectivity index (χ2v) is 9.72. The molecule has 3 aromatic rings. The van der Waals surface area contributed by atoms with Gasteiger partial charge in [0.25, 0.3) is 10.0 Å². The molecule has 0 unspecified atom stereocenters. The largest absolute Gasteiger partial charge is 0.350 e. The van der Waals surface area contributed by atoms with Crippen LogP contribution in [0.5, 0.6) is 0 Å². The normalized spacial score (nSPS) is 11.6. The van der Waals surface area contributed by atoms with Gasteiger partial charge in [-0.1, -0.05) is 38.1 Å². The number of hydrogen-bond donors (Lipinski definition) is 2. The van der Waals surface area contributed by atoms with Gasteiger partial charge in [0.2, 0.25) is 5.91 Å². The summed E-state index contributed by atoms with van der Waals surface area (Å²) in [4.78, 5) is 12.8. The molecule has 0 aliphatic heterocycles. The molecule has 0 atom stereocenters. The molecule has 9 heteroatoms. The Kier molecular flexibility index (Phi) is 6.98. The van der Waals surface area contributed by atoms with Crippen molar-refractivity contribution in [1.29, 1.82) is 0 Å². The molecule has 3 rings (SSSR count). The van der Waals surface area contributed by atoms with Gasteiger partial charge in [-0.15, -0.1) is 0 Å². The number of nitrogens with one attached hydrogen (secondary N) is 2. The van der Waals surface area contributed by atoms with Gasteiger partial charge in [-0.05, 0) is 55.2 Å². The summed E-state index contributed by atoms with van der Waals surface area (Å²) in [5, 5.41) is 9.39. The van der Waals surface area contributed by atoms with Crippen LogP contribution in [0.25, 0.3) is 0 Å². The lowest BCUT2D eigenvalue weighted by Crippen LogP contribution is -2.41. The summed E-state index contributed by atoms with van der Waals surface area (Å²) in [7, 11) is -4.06. The molecule has 0 bridgehead atoms. The highest BCUT2D eigenvalue weighted by Gasteiger charge is 2.31. The number of hydrogen-bond acceptors (Lipinski definition) is 4. The van der Waals surface area contributed by atoms with Crippen LogP contribution in [-0.2, 0) is 21.4 Å². The third kappa shape index (κ3) is 5.16. The first-order valence-electron chi connectivity index (χ1n) is 10.2. The number of nitrogens with zero attached hydrogens (tertiary/aromatic N) is 2. The minimum atomic E-state index is -4.06.